The van der Waals surface area contributed by atoms with Crippen LogP contribution in [-0.4, -0.2) is 46.7 Å². The summed E-state index contributed by atoms with van der Waals surface area (Å²) in [4.78, 5) is 11.0. The molecule has 0 saturated heterocycles. The second-order valence-electron chi connectivity index (χ2n) is 3.99. The molecule has 0 radical (unpaired) electrons. The van der Waals surface area contributed by atoms with Gasteiger partial charge in [0.2, 0.25) is 0 Å². The van der Waals surface area contributed by atoms with Crippen molar-refractivity contribution in [3.63, 3.8) is 0 Å². The molecule has 0 amide bonds. The van der Waals surface area contributed by atoms with Crippen LogP contribution in [0.1, 0.15) is 19.8 Å². The first-order valence-electron chi connectivity index (χ1n) is 6.24. The van der Waals surface area contributed by atoms with Gasteiger partial charge in [-0.1, -0.05) is 0 Å². The lowest BCUT2D eigenvalue weighted by molar-refractivity contribution is -0.143. The topological polar surface area (TPSA) is 76.4 Å². The average Bonchev–Trinajstić information content (AvgIpc) is 2.81. The van der Waals surface area contributed by atoms with Crippen LogP contribution in [0.4, 0.5) is 0 Å². The number of rotatable bonds is 9. The third-order valence-corrected chi connectivity index (χ3v) is 2.38. The molecule has 0 aliphatic heterocycles. The van der Waals surface area contributed by atoms with Gasteiger partial charge in [-0.3, -0.25) is 9.48 Å². The van der Waals surface area contributed by atoms with E-state index in [1.165, 1.54) is 0 Å². The van der Waals surface area contributed by atoms with Gasteiger partial charge in [0, 0.05) is 25.4 Å². The van der Waals surface area contributed by atoms with Gasteiger partial charge in [0.15, 0.2) is 0 Å². The number of nitrogens with one attached hydrogen (secondary N) is 1. The van der Waals surface area contributed by atoms with Gasteiger partial charge in [0.05, 0.1) is 19.3 Å². The zero-order valence-electron chi connectivity index (χ0n) is 10.7. The summed E-state index contributed by atoms with van der Waals surface area (Å²) in [5, 5.41) is 16.8. The maximum atomic E-state index is 11.0. The Labute approximate surface area is 107 Å². The van der Waals surface area contributed by atoms with E-state index >= 15 is 0 Å². The van der Waals surface area contributed by atoms with E-state index in [1.54, 1.807) is 17.8 Å². The van der Waals surface area contributed by atoms with Gasteiger partial charge in [-0.2, -0.15) is 5.10 Å². The molecule has 1 aromatic rings. The number of hydrogen-bond acceptors (Lipinski definition) is 5. The minimum atomic E-state index is -0.479. The highest BCUT2D eigenvalue weighted by Gasteiger charge is 2.05. The Morgan fingerprint density at radius 1 is 1.61 bits per heavy atom. The summed E-state index contributed by atoms with van der Waals surface area (Å²) in [6.45, 7) is 3.87. The van der Waals surface area contributed by atoms with Crippen molar-refractivity contribution in [2.45, 2.75) is 32.4 Å². The number of hydrogen-bond donors (Lipinski definition) is 2. The highest BCUT2D eigenvalue weighted by Crippen LogP contribution is 1.93. The first kappa shape index (κ1) is 14.7. The summed E-state index contributed by atoms with van der Waals surface area (Å²) in [5.74, 6) is -0.170. The Morgan fingerprint density at radius 2 is 2.44 bits per heavy atom. The van der Waals surface area contributed by atoms with Crippen molar-refractivity contribution in [1.29, 1.82) is 0 Å². The second-order valence-corrected chi connectivity index (χ2v) is 3.99. The highest BCUT2D eigenvalue weighted by atomic mass is 16.5. The van der Waals surface area contributed by atoms with Crippen molar-refractivity contribution < 1.29 is 14.6 Å². The Bertz CT molecular complexity index is 327. The van der Waals surface area contributed by atoms with Crippen LogP contribution in [0.25, 0.3) is 0 Å². The average molecular weight is 255 g/mol. The van der Waals surface area contributed by atoms with E-state index in [1.807, 2.05) is 12.3 Å². The minimum Gasteiger partial charge on any atom is -0.466 e. The second kappa shape index (κ2) is 8.66. The molecule has 1 heterocycles. The van der Waals surface area contributed by atoms with Gasteiger partial charge in [0.25, 0.3) is 0 Å². The van der Waals surface area contributed by atoms with Crippen molar-refractivity contribution in [2.75, 3.05) is 19.7 Å². The number of aromatic nitrogens is 2. The SMILES string of the molecule is CCOC(=O)CCCNCC(O)Cn1cccn1. The smallest absolute Gasteiger partial charge is 0.305 e. The van der Waals surface area contributed by atoms with Gasteiger partial charge >= 0.3 is 5.97 Å². The standard InChI is InChI=1S/C12H21N3O3/c1-2-18-12(17)5-3-6-13-9-11(16)10-15-8-4-7-14-15/h4,7-8,11,13,16H,2-3,5-6,9-10H2,1H3. The molecular formula is C12H21N3O3. The zero-order chi connectivity index (χ0) is 13.2. The molecule has 0 aliphatic carbocycles. The number of aliphatic hydroxyl groups excluding tert-OH is 1. The normalized spacial score (nSPS) is 12.3. The Hall–Kier alpha value is -1.40. The molecule has 1 atom stereocenters. The molecule has 1 unspecified atom stereocenters. The molecule has 6 heteroatoms. The Balaban J connectivity index is 1.99. The lowest BCUT2D eigenvalue weighted by atomic mass is 10.3. The van der Waals surface area contributed by atoms with Crippen molar-refractivity contribution in [3.8, 4) is 0 Å². The van der Waals surface area contributed by atoms with Crippen LogP contribution >= 0.6 is 0 Å². The molecule has 0 aromatic carbocycles. The summed E-state index contributed by atoms with van der Waals surface area (Å²) in [6.07, 6.45) is 4.14. The number of carbonyl (C=O) groups excluding carboxylic acids is 1. The first-order valence-corrected chi connectivity index (χ1v) is 6.24. The fraction of sp³-hybridized carbons (Fsp3) is 0.667. The molecule has 0 bridgehead atoms. The van der Waals surface area contributed by atoms with Gasteiger partial charge in [0.1, 0.15) is 0 Å². The number of carbonyl (C=O) groups is 1. The highest BCUT2D eigenvalue weighted by molar-refractivity contribution is 5.69. The number of nitrogens with zero attached hydrogens (tertiary/aromatic N) is 2. The molecule has 0 saturated carbocycles. The zero-order valence-corrected chi connectivity index (χ0v) is 10.7. The summed E-state index contributed by atoms with van der Waals surface area (Å²) < 4.78 is 6.50. The summed E-state index contributed by atoms with van der Waals surface area (Å²) in [5.41, 5.74) is 0. The van der Waals surface area contributed by atoms with Gasteiger partial charge in [-0.25, -0.2) is 0 Å². The largest absolute Gasteiger partial charge is 0.466 e. The van der Waals surface area contributed by atoms with E-state index in [0.29, 0.717) is 39.1 Å². The summed E-state index contributed by atoms with van der Waals surface area (Å²) in [7, 11) is 0. The maximum absolute atomic E-state index is 11.0. The minimum absolute atomic E-state index is 0.170. The number of aliphatic hydroxyl groups is 1. The molecule has 0 aliphatic rings. The fourth-order valence-corrected chi connectivity index (χ4v) is 1.55. The van der Waals surface area contributed by atoms with Crippen LogP contribution in [0.2, 0.25) is 0 Å². The van der Waals surface area contributed by atoms with Gasteiger partial charge in [-0.15, -0.1) is 0 Å². The van der Waals surface area contributed by atoms with Gasteiger partial charge < -0.3 is 15.2 Å². The van der Waals surface area contributed by atoms with Crippen LogP contribution in [0.3, 0.4) is 0 Å². The lowest BCUT2D eigenvalue weighted by Crippen LogP contribution is -2.31. The van der Waals surface area contributed by atoms with Gasteiger partial charge in [-0.05, 0) is 26.0 Å². The van der Waals surface area contributed by atoms with Crippen LogP contribution in [0, 0.1) is 0 Å². The number of ether oxygens (including phenoxy) is 1. The van der Waals surface area contributed by atoms with Crippen LogP contribution in [0.5, 0.6) is 0 Å². The molecule has 1 aromatic heterocycles. The Kier molecular flexibility index (Phi) is 7.05. The van der Waals surface area contributed by atoms with Crippen molar-refractivity contribution in [3.05, 3.63) is 18.5 Å². The number of esters is 1. The third-order valence-electron chi connectivity index (χ3n) is 2.38. The third kappa shape index (κ3) is 6.36. The van der Waals surface area contributed by atoms with Crippen LogP contribution < -0.4 is 5.32 Å². The predicted molar refractivity (Wildman–Crippen MR) is 67.0 cm³/mol. The van der Waals surface area contributed by atoms with E-state index < -0.39 is 6.10 Å². The molecule has 0 fully saturated rings. The van der Waals surface area contributed by atoms with Crippen LogP contribution in [-0.2, 0) is 16.1 Å². The molecule has 1 rings (SSSR count). The van der Waals surface area contributed by atoms with E-state index in [2.05, 4.69) is 10.4 Å². The molecule has 0 spiro atoms. The Morgan fingerprint density at radius 3 is 3.11 bits per heavy atom. The van der Waals surface area contributed by atoms with E-state index in [9.17, 15) is 9.90 Å². The molecule has 102 valence electrons. The molecule has 2 N–H and O–H groups in total. The van der Waals surface area contributed by atoms with Crippen molar-refractivity contribution >= 4 is 5.97 Å². The summed E-state index contributed by atoms with van der Waals surface area (Å²) in [6, 6.07) is 1.82. The van der Waals surface area contributed by atoms with E-state index in [0.717, 1.165) is 0 Å². The molecular weight excluding hydrogens is 234 g/mol. The lowest BCUT2D eigenvalue weighted by Gasteiger charge is -2.11. The first-order chi connectivity index (χ1) is 8.72. The quantitative estimate of drug-likeness (QED) is 0.486. The van der Waals surface area contributed by atoms with E-state index in [4.69, 9.17) is 4.74 Å². The monoisotopic (exact) mass is 255 g/mol. The summed E-state index contributed by atoms with van der Waals surface area (Å²) >= 11 is 0. The molecule has 18 heavy (non-hydrogen) atoms. The van der Waals surface area contributed by atoms with Crippen molar-refractivity contribution in [1.82, 2.24) is 15.1 Å². The van der Waals surface area contributed by atoms with Crippen LogP contribution in [0.15, 0.2) is 18.5 Å². The maximum Gasteiger partial charge on any atom is 0.305 e. The molecule has 6 nitrogen and oxygen atoms in total. The van der Waals surface area contributed by atoms with E-state index in [-0.39, 0.29) is 5.97 Å². The predicted octanol–water partition coefficient (Wildman–Crippen LogP) is 0.177. The van der Waals surface area contributed by atoms with Crippen molar-refractivity contribution in [2.24, 2.45) is 0 Å². The fourth-order valence-electron chi connectivity index (χ4n) is 1.55.